The first kappa shape index (κ1) is 11.0. The van der Waals surface area contributed by atoms with Crippen LogP contribution in [0.1, 0.15) is 24.8 Å². The maximum absolute atomic E-state index is 3.75. The maximum Gasteiger partial charge on any atom is 0.0210 e. The van der Waals surface area contributed by atoms with Gasteiger partial charge in [0.15, 0.2) is 0 Å². The minimum Gasteiger partial charge on any atom is -0.103 e. The van der Waals surface area contributed by atoms with Crippen LogP contribution in [-0.2, 0) is 0 Å². The van der Waals surface area contributed by atoms with E-state index in [1.807, 2.05) is 12.1 Å². The number of halogens is 2. The minimum absolute atomic E-state index is 0.518. The van der Waals surface area contributed by atoms with Crippen LogP contribution in [0.5, 0.6) is 0 Å². The van der Waals surface area contributed by atoms with Crippen LogP contribution in [0, 0.1) is 0 Å². The van der Waals surface area contributed by atoms with E-state index in [1.54, 1.807) is 0 Å². The molecule has 0 aliphatic heterocycles. The maximum atomic E-state index is 3.75. The Morgan fingerprint density at radius 2 is 2.15 bits per heavy atom. The number of benzene rings is 1. The molecule has 0 aromatic heterocycles. The van der Waals surface area contributed by atoms with Crippen molar-refractivity contribution in [1.82, 2.24) is 0 Å². The smallest absolute Gasteiger partial charge is 0.0210 e. The van der Waals surface area contributed by atoms with Gasteiger partial charge in [-0.05, 0) is 36.1 Å². The number of allylic oxidation sites excluding steroid dienone is 1. The molecule has 1 aromatic rings. The van der Waals surface area contributed by atoms with Gasteiger partial charge in [0.25, 0.3) is 0 Å². The quantitative estimate of drug-likeness (QED) is 0.697. The van der Waals surface area contributed by atoms with E-state index in [4.69, 9.17) is 0 Å². The predicted molar refractivity (Wildman–Crippen MR) is 65.1 cm³/mol. The average molecular weight is 304 g/mol. The summed E-state index contributed by atoms with van der Waals surface area (Å²) in [6.45, 7) is 5.95. The molecule has 0 amide bonds. The van der Waals surface area contributed by atoms with Crippen molar-refractivity contribution in [3.8, 4) is 0 Å². The topological polar surface area (TPSA) is 0 Å². The molecule has 0 nitrogen and oxygen atoms in total. The lowest BCUT2D eigenvalue weighted by Gasteiger charge is -2.11. The first-order valence-corrected chi connectivity index (χ1v) is 5.79. The van der Waals surface area contributed by atoms with Gasteiger partial charge in [-0.15, -0.1) is 6.58 Å². The highest BCUT2D eigenvalue weighted by molar-refractivity contribution is 9.11. The number of rotatable bonds is 3. The molecule has 0 radical (unpaired) electrons. The van der Waals surface area contributed by atoms with E-state index in [-0.39, 0.29) is 0 Å². The molecule has 0 saturated heterocycles. The van der Waals surface area contributed by atoms with E-state index < -0.39 is 0 Å². The summed E-state index contributed by atoms with van der Waals surface area (Å²) >= 11 is 7.01. The summed E-state index contributed by atoms with van der Waals surface area (Å²) in [7, 11) is 0. The minimum atomic E-state index is 0.518. The molecule has 0 saturated carbocycles. The third-order valence-corrected chi connectivity index (χ3v) is 3.22. The lowest BCUT2D eigenvalue weighted by Crippen LogP contribution is -1.92. The van der Waals surface area contributed by atoms with Crippen molar-refractivity contribution in [2.75, 3.05) is 0 Å². The Balaban J connectivity index is 2.97. The Labute approximate surface area is 96.3 Å². The standard InChI is InChI=1S/C11H12Br2/c1-3-4-8(2)10-7-9(12)5-6-11(10)13/h3,5-8H,1,4H2,2H3. The van der Waals surface area contributed by atoms with Crippen LogP contribution in [0.25, 0.3) is 0 Å². The van der Waals surface area contributed by atoms with Gasteiger partial charge in [-0.3, -0.25) is 0 Å². The highest BCUT2D eigenvalue weighted by atomic mass is 79.9. The normalized spacial score (nSPS) is 12.5. The molecule has 0 fully saturated rings. The van der Waals surface area contributed by atoms with Gasteiger partial charge in [0.05, 0.1) is 0 Å². The molecule has 1 rings (SSSR count). The summed E-state index contributed by atoms with van der Waals surface area (Å²) in [5.74, 6) is 0.518. The van der Waals surface area contributed by atoms with Crippen molar-refractivity contribution in [2.24, 2.45) is 0 Å². The molecule has 1 atom stereocenters. The third-order valence-electron chi connectivity index (χ3n) is 2.01. The molecule has 0 aliphatic carbocycles. The van der Waals surface area contributed by atoms with Gasteiger partial charge in [0, 0.05) is 8.95 Å². The lowest BCUT2D eigenvalue weighted by molar-refractivity contribution is 0.777. The van der Waals surface area contributed by atoms with Crippen molar-refractivity contribution < 1.29 is 0 Å². The molecule has 1 unspecified atom stereocenters. The molecule has 0 aliphatic rings. The monoisotopic (exact) mass is 302 g/mol. The van der Waals surface area contributed by atoms with Crippen LogP contribution < -0.4 is 0 Å². The van der Waals surface area contributed by atoms with Crippen molar-refractivity contribution >= 4 is 31.9 Å². The second-order valence-corrected chi connectivity index (χ2v) is 4.86. The summed E-state index contributed by atoms with van der Waals surface area (Å²) in [5.41, 5.74) is 1.33. The molecule has 0 heterocycles. The van der Waals surface area contributed by atoms with Crippen molar-refractivity contribution in [2.45, 2.75) is 19.3 Å². The van der Waals surface area contributed by atoms with Crippen LogP contribution in [0.3, 0.4) is 0 Å². The molecule has 70 valence electrons. The zero-order valence-corrected chi connectivity index (χ0v) is 10.7. The molecular formula is C11H12Br2. The Bertz CT molecular complexity index is 305. The van der Waals surface area contributed by atoms with Crippen molar-refractivity contribution in [1.29, 1.82) is 0 Å². The highest BCUT2D eigenvalue weighted by Crippen LogP contribution is 2.29. The van der Waals surface area contributed by atoms with Gasteiger partial charge in [0.1, 0.15) is 0 Å². The van der Waals surface area contributed by atoms with Gasteiger partial charge in [-0.1, -0.05) is 44.9 Å². The second kappa shape index (κ2) is 4.97. The third kappa shape index (κ3) is 2.96. The zero-order valence-electron chi connectivity index (χ0n) is 7.56. The van der Waals surface area contributed by atoms with Crippen LogP contribution >= 0.6 is 31.9 Å². The highest BCUT2D eigenvalue weighted by Gasteiger charge is 2.07. The Hall–Kier alpha value is -0.0800. The van der Waals surface area contributed by atoms with Crippen LogP contribution in [0.2, 0.25) is 0 Å². The zero-order chi connectivity index (χ0) is 9.84. The van der Waals surface area contributed by atoms with Crippen molar-refractivity contribution in [3.05, 3.63) is 45.4 Å². The fraction of sp³-hybridized carbons (Fsp3) is 0.273. The van der Waals surface area contributed by atoms with E-state index in [9.17, 15) is 0 Å². The lowest BCUT2D eigenvalue weighted by atomic mass is 9.98. The number of hydrogen-bond acceptors (Lipinski definition) is 0. The fourth-order valence-corrected chi connectivity index (χ4v) is 2.29. The molecule has 0 N–H and O–H groups in total. The van der Waals surface area contributed by atoms with E-state index in [2.05, 4.69) is 57.5 Å². The molecular weight excluding hydrogens is 292 g/mol. The molecule has 0 bridgehead atoms. The summed E-state index contributed by atoms with van der Waals surface area (Å²) in [6, 6.07) is 6.26. The molecule has 1 aromatic carbocycles. The van der Waals surface area contributed by atoms with Gasteiger partial charge < -0.3 is 0 Å². The van der Waals surface area contributed by atoms with Crippen molar-refractivity contribution in [3.63, 3.8) is 0 Å². The van der Waals surface area contributed by atoms with Gasteiger partial charge >= 0.3 is 0 Å². The van der Waals surface area contributed by atoms with E-state index in [1.165, 1.54) is 10.0 Å². The van der Waals surface area contributed by atoms with Crippen LogP contribution in [0.4, 0.5) is 0 Å². The summed E-state index contributed by atoms with van der Waals surface area (Å²) in [6.07, 6.45) is 2.97. The molecule has 2 heteroatoms. The average Bonchev–Trinajstić information content (AvgIpc) is 2.09. The first-order valence-electron chi connectivity index (χ1n) is 4.21. The van der Waals surface area contributed by atoms with Crippen LogP contribution in [-0.4, -0.2) is 0 Å². The van der Waals surface area contributed by atoms with Gasteiger partial charge in [-0.2, -0.15) is 0 Å². The van der Waals surface area contributed by atoms with E-state index in [0.717, 1.165) is 10.9 Å². The summed E-state index contributed by atoms with van der Waals surface area (Å²) in [5, 5.41) is 0. The second-order valence-electron chi connectivity index (χ2n) is 3.09. The van der Waals surface area contributed by atoms with E-state index >= 15 is 0 Å². The predicted octanol–water partition coefficient (Wildman–Crippen LogP) is 4.89. The Morgan fingerprint density at radius 1 is 1.46 bits per heavy atom. The fourth-order valence-electron chi connectivity index (χ4n) is 1.27. The van der Waals surface area contributed by atoms with E-state index in [0.29, 0.717) is 5.92 Å². The van der Waals surface area contributed by atoms with Gasteiger partial charge in [0.2, 0.25) is 0 Å². The Morgan fingerprint density at radius 3 is 2.77 bits per heavy atom. The first-order chi connectivity index (χ1) is 6.15. The summed E-state index contributed by atoms with van der Waals surface area (Å²) in [4.78, 5) is 0. The molecule has 13 heavy (non-hydrogen) atoms. The largest absolute Gasteiger partial charge is 0.103 e. The van der Waals surface area contributed by atoms with Crippen LogP contribution in [0.15, 0.2) is 39.8 Å². The number of hydrogen-bond donors (Lipinski definition) is 0. The summed E-state index contributed by atoms with van der Waals surface area (Å²) < 4.78 is 2.30. The molecule has 0 spiro atoms. The Kier molecular flexibility index (Phi) is 4.20. The van der Waals surface area contributed by atoms with Gasteiger partial charge in [-0.25, -0.2) is 0 Å². The SMILES string of the molecule is C=CCC(C)c1cc(Br)ccc1Br.